The van der Waals surface area contributed by atoms with Crippen LogP contribution in [0.15, 0.2) is 72.9 Å². The molecule has 0 saturated heterocycles. The van der Waals surface area contributed by atoms with Crippen LogP contribution in [0, 0.1) is 0 Å². The maximum absolute atomic E-state index is 12.4. The van der Waals surface area contributed by atoms with Gasteiger partial charge in [-0.3, -0.25) is 0 Å². The summed E-state index contributed by atoms with van der Waals surface area (Å²) < 4.78 is 0. The van der Waals surface area contributed by atoms with Gasteiger partial charge in [0, 0.05) is 30.1 Å². The number of carbonyl (C=O) groups is 2. The van der Waals surface area contributed by atoms with Gasteiger partial charge in [-0.2, -0.15) is 0 Å². The maximum Gasteiger partial charge on any atom is 0.326 e. The van der Waals surface area contributed by atoms with E-state index in [0.717, 1.165) is 32.8 Å². The number of carboxylic acid groups (broad SMARTS) is 1. The Morgan fingerprint density at radius 1 is 0.897 bits per heavy atom. The molecule has 0 radical (unpaired) electrons. The fourth-order valence-corrected chi connectivity index (χ4v) is 3.55. The van der Waals surface area contributed by atoms with E-state index in [-0.39, 0.29) is 6.42 Å². The quantitative estimate of drug-likeness (QED) is 0.405. The van der Waals surface area contributed by atoms with Crippen molar-refractivity contribution in [3.05, 3.63) is 84.1 Å². The van der Waals surface area contributed by atoms with Gasteiger partial charge in [-0.05, 0) is 28.0 Å². The molecule has 0 spiro atoms. The molecule has 0 aliphatic heterocycles. The Morgan fingerprint density at radius 2 is 1.62 bits per heavy atom. The van der Waals surface area contributed by atoms with Crippen molar-refractivity contribution in [3.63, 3.8) is 0 Å². The molecule has 1 aromatic heterocycles. The number of aromatic nitrogens is 1. The number of para-hydroxylation sites is 1. The summed E-state index contributed by atoms with van der Waals surface area (Å²) in [4.78, 5) is 27.2. The summed E-state index contributed by atoms with van der Waals surface area (Å²) in [6, 6.07) is 20.0. The Morgan fingerprint density at radius 3 is 2.45 bits per heavy atom. The third-order valence-corrected chi connectivity index (χ3v) is 5.02. The average Bonchev–Trinajstić information content (AvgIpc) is 3.14. The highest BCUT2D eigenvalue weighted by atomic mass is 16.4. The van der Waals surface area contributed by atoms with Crippen LogP contribution in [0.1, 0.15) is 11.1 Å². The molecule has 0 unspecified atom stereocenters. The van der Waals surface area contributed by atoms with Gasteiger partial charge in [0.25, 0.3) is 0 Å². The highest BCUT2D eigenvalue weighted by molar-refractivity contribution is 5.88. The van der Waals surface area contributed by atoms with Crippen molar-refractivity contribution in [2.24, 2.45) is 0 Å². The number of hydrogen-bond acceptors (Lipinski definition) is 2. The molecule has 4 aromatic rings. The number of rotatable bonds is 6. The van der Waals surface area contributed by atoms with Gasteiger partial charge in [-0.15, -0.1) is 0 Å². The molecule has 4 rings (SSSR count). The highest BCUT2D eigenvalue weighted by Crippen LogP contribution is 2.20. The predicted octanol–water partition coefficient (Wildman–Crippen LogP) is 3.82. The fourth-order valence-electron chi connectivity index (χ4n) is 3.55. The van der Waals surface area contributed by atoms with Crippen molar-refractivity contribution in [2.45, 2.75) is 19.0 Å². The van der Waals surface area contributed by atoms with Crippen LogP contribution in [0.2, 0.25) is 0 Å². The topological polar surface area (TPSA) is 94.2 Å². The zero-order valence-corrected chi connectivity index (χ0v) is 15.7. The van der Waals surface area contributed by atoms with Crippen LogP contribution in [0.4, 0.5) is 4.79 Å². The molecule has 1 heterocycles. The van der Waals surface area contributed by atoms with Crippen molar-refractivity contribution in [2.75, 3.05) is 0 Å². The Bertz CT molecular complexity index is 1180. The van der Waals surface area contributed by atoms with Crippen molar-refractivity contribution < 1.29 is 14.7 Å². The standard InChI is InChI=1S/C23H21N3O3/c27-22(28)21(12-17-14-24-20-11-4-3-10-19(17)20)26-23(29)25-13-16-8-5-7-15-6-1-2-9-18(15)16/h1-11,14,21,24H,12-13H2,(H,27,28)(H2,25,26,29)/t21-/m1/s1. The minimum absolute atomic E-state index is 0.195. The van der Waals surface area contributed by atoms with E-state index in [0.29, 0.717) is 6.54 Å². The van der Waals surface area contributed by atoms with E-state index < -0.39 is 18.0 Å². The van der Waals surface area contributed by atoms with E-state index in [1.54, 1.807) is 6.20 Å². The summed E-state index contributed by atoms with van der Waals surface area (Å²) in [5.41, 5.74) is 2.76. The number of nitrogens with one attached hydrogen (secondary N) is 3. The SMILES string of the molecule is O=C(NCc1cccc2ccccc12)N[C@H](Cc1c[nH]c2ccccc12)C(=O)O. The molecule has 3 aromatic carbocycles. The Balaban J connectivity index is 1.43. The van der Waals surface area contributed by atoms with Crippen LogP contribution in [0.3, 0.4) is 0 Å². The summed E-state index contributed by atoms with van der Waals surface area (Å²) >= 11 is 0. The number of carbonyl (C=O) groups excluding carboxylic acids is 1. The molecular formula is C23H21N3O3. The number of H-pyrrole nitrogens is 1. The molecule has 4 N–H and O–H groups in total. The lowest BCUT2D eigenvalue weighted by Gasteiger charge is -2.15. The maximum atomic E-state index is 12.4. The Labute approximate surface area is 167 Å². The second-order valence-corrected chi connectivity index (χ2v) is 6.92. The first-order valence-electron chi connectivity index (χ1n) is 9.40. The number of carboxylic acids is 1. The third-order valence-electron chi connectivity index (χ3n) is 5.02. The minimum Gasteiger partial charge on any atom is -0.480 e. The monoisotopic (exact) mass is 387 g/mol. The van der Waals surface area contributed by atoms with Gasteiger partial charge in [0.15, 0.2) is 0 Å². The Kier molecular flexibility index (Phi) is 5.16. The number of fused-ring (bicyclic) bond motifs is 2. The van der Waals surface area contributed by atoms with Gasteiger partial charge in [-0.1, -0.05) is 60.7 Å². The average molecular weight is 387 g/mol. The summed E-state index contributed by atoms with van der Waals surface area (Å²) in [7, 11) is 0. The molecule has 0 aliphatic rings. The molecule has 6 heteroatoms. The number of urea groups is 1. The van der Waals surface area contributed by atoms with Crippen molar-refractivity contribution >= 4 is 33.7 Å². The summed E-state index contributed by atoms with van der Waals surface area (Å²) in [5.74, 6) is -1.07. The molecular weight excluding hydrogens is 366 g/mol. The molecule has 0 fully saturated rings. The van der Waals surface area contributed by atoms with E-state index in [1.165, 1.54) is 0 Å². The molecule has 2 amide bonds. The van der Waals surface area contributed by atoms with Crippen molar-refractivity contribution in [1.29, 1.82) is 0 Å². The molecule has 29 heavy (non-hydrogen) atoms. The highest BCUT2D eigenvalue weighted by Gasteiger charge is 2.21. The summed E-state index contributed by atoms with van der Waals surface area (Å²) in [5, 5.41) is 18.0. The molecule has 146 valence electrons. The van der Waals surface area contributed by atoms with E-state index >= 15 is 0 Å². The van der Waals surface area contributed by atoms with E-state index in [1.807, 2.05) is 66.7 Å². The van der Waals surface area contributed by atoms with Gasteiger partial charge in [0.05, 0.1) is 0 Å². The van der Waals surface area contributed by atoms with Crippen LogP contribution in [0.5, 0.6) is 0 Å². The molecule has 0 aliphatic carbocycles. The van der Waals surface area contributed by atoms with Gasteiger partial charge in [0.1, 0.15) is 6.04 Å². The fraction of sp³-hybridized carbons (Fsp3) is 0.130. The van der Waals surface area contributed by atoms with Crippen LogP contribution < -0.4 is 10.6 Å². The smallest absolute Gasteiger partial charge is 0.326 e. The largest absolute Gasteiger partial charge is 0.480 e. The van der Waals surface area contributed by atoms with Gasteiger partial charge >= 0.3 is 12.0 Å². The molecule has 1 atom stereocenters. The van der Waals surface area contributed by atoms with Crippen LogP contribution in [-0.4, -0.2) is 28.1 Å². The number of hydrogen-bond donors (Lipinski definition) is 4. The Hall–Kier alpha value is -3.80. The van der Waals surface area contributed by atoms with Crippen LogP contribution in [0.25, 0.3) is 21.7 Å². The van der Waals surface area contributed by atoms with Crippen LogP contribution in [-0.2, 0) is 17.8 Å². The van der Waals surface area contributed by atoms with Gasteiger partial charge in [0.2, 0.25) is 0 Å². The second kappa shape index (κ2) is 8.06. The molecule has 0 bridgehead atoms. The van der Waals surface area contributed by atoms with E-state index in [4.69, 9.17) is 0 Å². The summed E-state index contributed by atoms with van der Waals surface area (Å²) in [6.45, 7) is 0.312. The third kappa shape index (κ3) is 4.06. The number of aromatic amines is 1. The first kappa shape index (κ1) is 18.6. The van der Waals surface area contributed by atoms with Crippen molar-refractivity contribution in [1.82, 2.24) is 15.6 Å². The van der Waals surface area contributed by atoms with Gasteiger partial charge in [-0.25, -0.2) is 9.59 Å². The lowest BCUT2D eigenvalue weighted by Crippen LogP contribution is -2.46. The number of benzene rings is 3. The minimum atomic E-state index is -1.07. The lowest BCUT2D eigenvalue weighted by atomic mass is 10.0. The van der Waals surface area contributed by atoms with E-state index in [9.17, 15) is 14.7 Å². The second-order valence-electron chi connectivity index (χ2n) is 6.92. The zero-order valence-electron chi connectivity index (χ0n) is 15.7. The van der Waals surface area contributed by atoms with Gasteiger partial charge < -0.3 is 20.7 Å². The lowest BCUT2D eigenvalue weighted by molar-refractivity contribution is -0.139. The first-order valence-corrected chi connectivity index (χ1v) is 9.40. The van der Waals surface area contributed by atoms with Crippen molar-refractivity contribution in [3.8, 4) is 0 Å². The summed E-state index contributed by atoms with van der Waals surface area (Å²) in [6.07, 6.45) is 1.98. The number of aliphatic carboxylic acids is 1. The first-order chi connectivity index (χ1) is 14.1. The zero-order chi connectivity index (χ0) is 20.2. The van der Waals surface area contributed by atoms with E-state index in [2.05, 4.69) is 15.6 Å². The van der Waals surface area contributed by atoms with Crippen LogP contribution >= 0.6 is 0 Å². The molecule has 0 saturated carbocycles. The predicted molar refractivity (Wildman–Crippen MR) is 113 cm³/mol. The molecule has 6 nitrogen and oxygen atoms in total. The number of amides is 2. The normalized spacial score (nSPS) is 12.0.